The van der Waals surface area contributed by atoms with Crippen LogP contribution in [0.2, 0.25) is 0 Å². The Labute approximate surface area is 109 Å². The minimum atomic E-state index is -1.16. The van der Waals surface area contributed by atoms with E-state index >= 15 is 0 Å². The second kappa shape index (κ2) is 5.19. The molecule has 94 valence electrons. The molecule has 19 heavy (non-hydrogen) atoms. The minimum Gasteiger partial charge on any atom is -0.477 e. The number of hydrogen-bond donors (Lipinski definition) is 1. The van der Waals surface area contributed by atoms with E-state index in [4.69, 9.17) is 10.4 Å². The maximum Gasteiger partial charge on any atom is 0.352 e. The lowest BCUT2D eigenvalue weighted by Gasteiger charge is -2.09. The van der Waals surface area contributed by atoms with Crippen LogP contribution in [-0.2, 0) is 6.54 Å². The molecule has 0 bridgehead atoms. The molecule has 0 aliphatic heterocycles. The summed E-state index contributed by atoms with van der Waals surface area (Å²) in [6, 6.07) is 12.8. The van der Waals surface area contributed by atoms with Gasteiger partial charge in [0.15, 0.2) is 0 Å². The van der Waals surface area contributed by atoms with Gasteiger partial charge in [-0.1, -0.05) is 18.2 Å². The predicted molar refractivity (Wildman–Crippen MR) is 67.9 cm³/mol. The molecule has 0 spiro atoms. The molecule has 0 aliphatic rings. The van der Waals surface area contributed by atoms with Crippen LogP contribution in [0.15, 0.2) is 47.3 Å². The average Bonchev–Trinajstić information content (AvgIpc) is 2.41. The summed E-state index contributed by atoms with van der Waals surface area (Å²) >= 11 is 0. The van der Waals surface area contributed by atoms with Gasteiger partial charge in [-0.2, -0.15) is 5.26 Å². The van der Waals surface area contributed by atoms with Crippen LogP contribution < -0.4 is 5.56 Å². The number of rotatable bonds is 3. The number of aromatic nitrogens is 1. The van der Waals surface area contributed by atoms with Crippen LogP contribution in [0.4, 0.5) is 0 Å². The molecule has 0 unspecified atom stereocenters. The zero-order chi connectivity index (χ0) is 13.8. The van der Waals surface area contributed by atoms with E-state index in [1.54, 1.807) is 24.3 Å². The van der Waals surface area contributed by atoms with Crippen LogP contribution in [0.3, 0.4) is 0 Å². The molecule has 1 N–H and O–H groups in total. The maximum absolute atomic E-state index is 11.7. The van der Waals surface area contributed by atoms with Gasteiger partial charge >= 0.3 is 5.97 Å². The Morgan fingerprint density at radius 1 is 1.26 bits per heavy atom. The molecule has 1 heterocycles. The fraction of sp³-hybridized carbons (Fsp3) is 0.0714. The number of carboxylic acids is 1. The first kappa shape index (κ1) is 12.6. The molecule has 5 heteroatoms. The highest BCUT2D eigenvalue weighted by Crippen LogP contribution is 2.07. The van der Waals surface area contributed by atoms with Crippen molar-refractivity contribution in [3.8, 4) is 6.07 Å². The molecule has 1 aromatic carbocycles. The summed E-state index contributed by atoms with van der Waals surface area (Å²) in [6.45, 7) is 0.122. The monoisotopic (exact) mass is 254 g/mol. The second-order valence-corrected chi connectivity index (χ2v) is 3.95. The molecule has 0 amide bonds. The summed E-state index contributed by atoms with van der Waals surface area (Å²) in [5.41, 5.74) is 0.713. The van der Waals surface area contributed by atoms with Crippen molar-refractivity contribution >= 4 is 5.97 Å². The van der Waals surface area contributed by atoms with Gasteiger partial charge in [0.25, 0.3) is 5.56 Å². The Kier molecular flexibility index (Phi) is 3.44. The number of nitriles is 1. The fourth-order valence-corrected chi connectivity index (χ4v) is 1.79. The maximum atomic E-state index is 11.7. The Bertz CT molecular complexity index is 726. The van der Waals surface area contributed by atoms with Gasteiger partial charge < -0.3 is 5.11 Å². The van der Waals surface area contributed by atoms with E-state index in [2.05, 4.69) is 0 Å². The molecule has 5 nitrogen and oxygen atoms in total. The van der Waals surface area contributed by atoms with Gasteiger partial charge in [-0.25, -0.2) is 4.79 Å². The van der Waals surface area contributed by atoms with E-state index in [-0.39, 0.29) is 17.8 Å². The number of hydrogen-bond acceptors (Lipinski definition) is 3. The van der Waals surface area contributed by atoms with E-state index in [9.17, 15) is 9.59 Å². The zero-order valence-corrected chi connectivity index (χ0v) is 9.91. The van der Waals surface area contributed by atoms with Gasteiger partial charge in [-0.05, 0) is 23.8 Å². The lowest BCUT2D eigenvalue weighted by molar-refractivity contribution is 0.0684. The third-order valence-corrected chi connectivity index (χ3v) is 2.67. The van der Waals surface area contributed by atoms with Crippen LogP contribution in [0.1, 0.15) is 21.6 Å². The summed E-state index contributed by atoms with van der Waals surface area (Å²) in [5.74, 6) is -1.16. The Balaban J connectivity index is 2.46. The van der Waals surface area contributed by atoms with Crippen molar-refractivity contribution in [3.05, 3.63) is 69.6 Å². The molecule has 2 aromatic rings. The first-order valence-electron chi connectivity index (χ1n) is 5.54. The van der Waals surface area contributed by atoms with Crippen LogP contribution >= 0.6 is 0 Å². The molecule has 0 radical (unpaired) electrons. The molecular formula is C14H10N2O3. The number of pyridine rings is 1. The van der Waals surface area contributed by atoms with Crippen molar-refractivity contribution in [1.82, 2.24) is 4.57 Å². The number of carboxylic acid groups (broad SMARTS) is 1. The topological polar surface area (TPSA) is 83.1 Å². The third kappa shape index (κ3) is 2.69. The molecule has 1 aromatic heterocycles. The fourth-order valence-electron chi connectivity index (χ4n) is 1.79. The van der Waals surface area contributed by atoms with Gasteiger partial charge in [0.05, 0.1) is 18.2 Å². The molecule has 0 saturated heterocycles. The Morgan fingerprint density at radius 2 is 2.00 bits per heavy atom. The van der Waals surface area contributed by atoms with Crippen molar-refractivity contribution < 1.29 is 9.90 Å². The van der Waals surface area contributed by atoms with E-state index < -0.39 is 5.97 Å². The number of nitrogens with zero attached hydrogens (tertiary/aromatic N) is 2. The van der Waals surface area contributed by atoms with Crippen molar-refractivity contribution in [1.29, 1.82) is 5.26 Å². The third-order valence-electron chi connectivity index (χ3n) is 2.67. The lowest BCUT2D eigenvalue weighted by atomic mass is 10.1. The molecular weight excluding hydrogens is 244 g/mol. The highest BCUT2D eigenvalue weighted by atomic mass is 16.4. The minimum absolute atomic E-state index is 0.0742. The quantitative estimate of drug-likeness (QED) is 0.898. The smallest absolute Gasteiger partial charge is 0.352 e. The average molecular weight is 254 g/mol. The largest absolute Gasteiger partial charge is 0.477 e. The summed E-state index contributed by atoms with van der Waals surface area (Å²) < 4.78 is 1.17. The van der Waals surface area contributed by atoms with Crippen molar-refractivity contribution in [2.45, 2.75) is 6.54 Å². The van der Waals surface area contributed by atoms with E-state index in [0.717, 1.165) is 0 Å². The standard InChI is InChI=1S/C14H10N2O3/c15-8-10-3-1-4-11(7-10)9-16-12(14(18)19)5-2-6-13(16)17/h1-7H,9H2,(H,18,19). The van der Waals surface area contributed by atoms with Crippen molar-refractivity contribution in [2.24, 2.45) is 0 Å². The van der Waals surface area contributed by atoms with Gasteiger partial charge in [0, 0.05) is 6.07 Å². The first-order chi connectivity index (χ1) is 9.11. The molecule has 0 aliphatic carbocycles. The predicted octanol–water partition coefficient (Wildman–Crippen LogP) is 1.47. The van der Waals surface area contributed by atoms with Gasteiger partial charge in [-0.15, -0.1) is 0 Å². The SMILES string of the molecule is N#Cc1cccc(Cn2c(C(=O)O)cccc2=O)c1. The second-order valence-electron chi connectivity index (χ2n) is 3.95. The molecule has 2 rings (SSSR count). The van der Waals surface area contributed by atoms with Crippen molar-refractivity contribution in [3.63, 3.8) is 0 Å². The van der Waals surface area contributed by atoms with E-state index in [1.807, 2.05) is 6.07 Å². The van der Waals surface area contributed by atoms with Gasteiger partial charge in [0.1, 0.15) is 5.69 Å². The van der Waals surface area contributed by atoms with E-state index in [1.165, 1.54) is 22.8 Å². The summed E-state index contributed by atoms with van der Waals surface area (Å²) in [6.07, 6.45) is 0. The van der Waals surface area contributed by atoms with E-state index in [0.29, 0.717) is 11.1 Å². The molecule has 0 atom stereocenters. The van der Waals surface area contributed by atoms with Crippen LogP contribution in [0.25, 0.3) is 0 Å². The van der Waals surface area contributed by atoms with Gasteiger partial charge in [-0.3, -0.25) is 9.36 Å². The van der Waals surface area contributed by atoms with Crippen molar-refractivity contribution in [2.75, 3.05) is 0 Å². The van der Waals surface area contributed by atoms with Crippen LogP contribution in [0.5, 0.6) is 0 Å². The zero-order valence-electron chi connectivity index (χ0n) is 9.91. The summed E-state index contributed by atoms with van der Waals surface area (Å²) in [7, 11) is 0. The highest BCUT2D eigenvalue weighted by molar-refractivity contribution is 5.85. The van der Waals surface area contributed by atoms with Gasteiger partial charge in [0.2, 0.25) is 0 Å². The number of aromatic carboxylic acids is 1. The summed E-state index contributed by atoms with van der Waals surface area (Å²) in [4.78, 5) is 22.8. The summed E-state index contributed by atoms with van der Waals surface area (Å²) in [5, 5.41) is 17.9. The Morgan fingerprint density at radius 3 is 2.68 bits per heavy atom. The number of carbonyl (C=O) groups is 1. The number of benzene rings is 1. The van der Waals surface area contributed by atoms with Crippen LogP contribution in [-0.4, -0.2) is 15.6 Å². The van der Waals surface area contributed by atoms with Crippen LogP contribution in [0, 0.1) is 11.3 Å². The highest BCUT2D eigenvalue weighted by Gasteiger charge is 2.10. The first-order valence-corrected chi connectivity index (χ1v) is 5.54. The lowest BCUT2D eigenvalue weighted by Crippen LogP contribution is -2.25. The molecule has 0 fully saturated rings. The molecule has 0 saturated carbocycles. The normalized spacial score (nSPS) is 9.84. The Hall–Kier alpha value is -2.87.